The van der Waals surface area contributed by atoms with Gasteiger partial charge in [0.05, 0.1) is 19.1 Å². The second kappa shape index (κ2) is 12.4. The van der Waals surface area contributed by atoms with Crippen LogP contribution >= 0.6 is 0 Å². The third-order valence-electron chi connectivity index (χ3n) is 5.55. The van der Waals surface area contributed by atoms with Crippen LogP contribution in [0.25, 0.3) is 0 Å². The van der Waals surface area contributed by atoms with E-state index in [9.17, 15) is 18.0 Å². The van der Waals surface area contributed by atoms with Gasteiger partial charge in [-0.2, -0.15) is 0 Å². The van der Waals surface area contributed by atoms with Crippen LogP contribution in [0, 0.1) is 6.92 Å². The number of unbranched alkanes of at least 4 members (excludes halogenated alkanes) is 1. The molecule has 8 nitrogen and oxygen atoms in total. The maximum absolute atomic E-state index is 13.5. The van der Waals surface area contributed by atoms with E-state index in [0.717, 1.165) is 34.5 Å². The highest BCUT2D eigenvalue weighted by Crippen LogP contribution is 2.23. The molecule has 0 saturated carbocycles. The number of sulfonamides is 1. The Morgan fingerprint density at radius 1 is 1.12 bits per heavy atom. The lowest BCUT2D eigenvalue weighted by molar-refractivity contribution is -0.139. The topological polar surface area (TPSA) is 96.0 Å². The van der Waals surface area contributed by atoms with Crippen molar-refractivity contribution in [2.75, 3.05) is 30.8 Å². The Hall–Kier alpha value is -3.07. The number of methoxy groups -OCH3 is 1. The quantitative estimate of drug-likeness (QED) is 0.462. The Morgan fingerprint density at radius 2 is 1.82 bits per heavy atom. The first-order chi connectivity index (χ1) is 16.1. The molecule has 0 fully saturated rings. The van der Waals surface area contributed by atoms with Crippen LogP contribution in [-0.2, 0) is 26.2 Å². The molecule has 9 heteroatoms. The number of para-hydroxylation sites is 1. The van der Waals surface area contributed by atoms with Crippen LogP contribution in [0.5, 0.6) is 5.75 Å². The molecule has 0 bridgehead atoms. The number of amides is 2. The average molecular weight is 490 g/mol. The first-order valence-corrected chi connectivity index (χ1v) is 13.2. The molecule has 0 spiro atoms. The van der Waals surface area contributed by atoms with Gasteiger partial charge in [-0.3, -0.25) is 13.9 Å². The lowest BCUT2D eigenvalue weighted by atomic mass is 10.1. The van der Waals surface area contributed by atoms with Crippen molar-refractivity contribution in [3.63, 3.8) is 0 Å². The summed E-state index contributed by atoms with van der Waals surface area (Å²) in [7, 11) is -2.20. The van der Waals surface area contributed by atoms with Crippen LogP contribution in [0.2, 0.25) is 0 Å². The zero-order valence-electron chi connectivity index (χ0n) is 20.6. The first kappa shape index (κ1) is 27.2. The monoisotopic (exact) mass is 489 g/mol. The summed E-state index contributed by atoms with van der Waals surface area (Å²) < 4.78 is 31.6. The standard InChI is InChI=1S/C25H35N3O5S/c1-6-7-15-26-25(30)20(3)27(17-21-12-10-13-22(16-21)33-4)24(29)18-28(34(5,31)32)23-14-9-8-11-19(23)2/h8-14,16,20H,6-7,15,17-18H2,1-5H3,(H,26,30)/t20-/m0/s1. The van der Waals surface area contributed by atoms with E-state index < -0.39 is 28.5 Å². The van der Waals surface area contributed by atoms with Crippen LogP contribution in [0.4, 0.5) is 5.69 Å². The zero-order chi connectivity index (χ0) is 25.3. The molecule has 0 aliphatic rings. The van der Waals surface area contributed by atoms with Crippen molar-refractivity contribution in [3.8, 4) is 5.75 Å². The maximum atomic E-state index is 13.5. The number of nitrogens with zero attached hydrogens (tertiary/aromatic N) is 2. The summed E-state index contributed by atoms with van der Waals surface area (Å²) in [5, 5.41) is 2.86. The van der Waals surface area contributed by atoms with Crippen molar-refractivity contribution in [1.82, 2.24) is 10.2 Å². The number of ether oxygens (including phenoxy) is 1. The van der Waals surface area contributed by atoms with Crippen LogP contribution in [-0.4, -0.2) is 57.6 Å². The van der Waals surface area contributed by atoms with E-state index >= 15 is 0 Å². The highest BCUT2D eigenvalue weighted by Gasteiger charge is 2.30. The van der Waals surface area contributed by atoms with Crippen molar-refractivity contribution in [2.24, 2.45) is 0 Å². The summed E-state index contributed by atoms with van der Waals surface area (Å²) >= 11 is 0. The van der Waals surface area contributed by atoms with E-state index in [4.69, 9.17) is 4.74 Å². The van der Waals surface area contributed by atoms with Gasteiger partial charge in [0.25, 0.3) is 0 Å². The minimum absolute atomic E-state index is 0.129. The summed E-state index contributed by atoms with van der Waals surface area (Å²) in [6, 6.07) is 13.4. The fourth-order valence-electron chi connectivity index (χ4n) is 3.52. The van der Waals surface area contributed by atoms with Gasteiger partial charge in [-0.1, -0.05) is 43.7 Å². The number of hydrogen-bond acceptors (Lipinski definition) is 5. The summed E-state index contributed by atoms with van der Waals surface area (Å²) in [5.74, 6) is -0.135. The normalized spacial score (nSPS) is 12.0. The molecule has 34 heavy (non-hydrogen) atoms. The lowest BCUT2D eigenvalue weighted by Crippen LogP contribution is -2.51. The molecule has 0 radical (unpaired) electrons. The van der Waals surface area contributed by atoms with Crippen molar-refractivity contribution in [3.05, 3.63) is 59.7 Å². The van der Waals surface area contributed by atoms with E-state index in [1.807, 2.05) is 13.0 Å². The molecule has 0 aliphatic heterocycles. The molecule has 0 saturated heterocycles. The minimum atomic E-state index is -3.75. The summed E-state index contributed by atoms with van der Waals surface area (Å²) in [6.45, 7) is 5.69. The molecule has 0 aliphatic carbocycles. The minimum Gasteiger partial charge on any atom is -0.497 e. The molecule has 0 aromatic heterocycles. The third-order valence-corrected chi connectivity index (χ3v) is 6.67. The summed E-state index contributed by atoms with van der Waals surface area (Å²) in [6.07, 6.45) is 2.83. The molecule has 1 N–H and O–H groups in total. The van der Waals surface area contributed by atoms with Gasteiger partial charge >= 0.3 is 0 Å². The molecule has 2 aromatic rings. The Bertz CT molecular complexity index is 1090. The fourth-order valence-corrected chi connectivity index (χ4v) is 4.43. The van der Waals surface area contributed by atoms with Gasteiger partial charge in [-0.15, -0.1) is 0 Å². The van der Waals surface area contributed by atoms with E-state index in [0.29, 0.717) is 18.0 Å². The Kier molecular flexibility index (Phi) is 9.92. The van der Waals surface area contributed by atoms with Gasteiger partial charge < -0.3 is 15.0 Å². The van der Waals surface area contributed by atoms with Crippen molar-refractivity contribution in [1.29, 1.82) is 0 Å². The van der Waals surface area contributed by atoms with Crippen molar-refractivity contribution >= 4 is 27.5 Å². The molecule has 1 atom stereocenters. The first-order valence-electron chi connectivity index (χ1n) is 11.3. The van der Waals surface area contributed by atoms with Crippen LogP contribution < -0.4 is 14.4 Å². The van der Waals surface area contributed by atoms with E-state index in [-0.39, 0.29) is 12.5 Å². The van der Waals surface area contributed by atoms with E-state index in [1.165, 1.54) is 4.90 Å². The van der Waals surface area contributed by atoms with Gasteiger partial charge in [-0.25, -0.2) is 8.42 Å². The van der Waals surface area contributed by atoms with Gasteiger partial charge in [0.2, 0.25) is 21.8 Å². The number of anilines is 1. The third kappa shape index (κ3) is 7.48. The van der Waals surface area contributed by atoms with E-state index in [2.05, 4.69) is 5.32 Å². The molecule has 186 valence electrons. The van der Waals surface area contributed by atoms with Gasteiger partial charge in [-0.05, 0) is 49.6 Å². The maximum Gasteiger partial charge on any atom is 0.244 e. The number of aryl methyl sites for hydroxylation is 1. The smallest absolute Gasteiger partial charge is 0.244 e. The Labute approximate surface area is 202 Å². The van der Waals surface area contributed by atoms with Crippen LogP contribution in [0.1, 0.15) is 37.8 Å². The number of nitrogens with one attached hydrogen (secondary N) is 1. The number of hydrogen-bond donors (Lipinski definition) is 1. The molecular formula is C25H35N3O5S. The number of benzene rings is 2. The highest BCUT2D eigenvalue weighted by molar-refractivity contribution is 7.92. The summed E-state index contributed by atoms with van der Waals surface area (Å²) in [5.41, 5.74) is 1.92. The van der Waals surface area contributed by atoms with Crippen molar-refractivity contribution < 1.29 is 22.7 Å². The number of rotatable bonds is 12. The second-order valence-corrected chi connectivity index (χ2v) is 10.2. The van der Waals surface area contributed by atoms with Crippen molar-refractivity contribution in [2.45, 2.75) is 46.2 Å². The molecule has 0 heterocycles. The van der Waals surface area contributed by atoms with E-state index in [1.54, 1.807) is 63.4 Å². The summed E-state index contributed by atoms with van der Waals surface area (Å²) in [4.78, 5) is 27.8. The second-order valence-electron chi connectivity index (χ2n) is 8.25. The molecule has 2 amide bonds. The van der Waals surface area contributed by atoms with Gasteiger partial charge in [0.15, 0.2) is 0 Å². The number of carbonyl (C=O) groups is 2. The van der Waals surface area contributed by atoms with Crippen LogP contribution in [0.15, 0.2) is 48.5 Å². The Morgan fingerprint density at radius 3 is 2.44 bits per heavy atom. The van der Waals surface area contributed by atoms with Gasteiger partial charge in [0, 0.05) is 13.1 Å². The highest BCUT2D eigenvalue weighted by atomic mass is 32.2. The largest absolute Gasteiger partial charge is 0.497 e. The zero-order valence-corrected chi connectivity index (χ0v) is 21.4. The average Bonchev–Trinajstić information content (AvgIpc) is 2.80. The molecule has 2 rings (SSSR count). The Balaban J connectivity index is 2.37. The lowest BCUT2D eigenvalue weighted by Gasteiger charge is -2.32. The fraction of sp³-hybridized carbons (Fsp3) is 0.440. The molecule has 2 aromatic carbocycles. The number of carbonyl (C=O) groups excluding carboxylic acids is 2. The predicted molar refractivity (Wildman–Crippen MR) is 134 cm³/mol. The van der Waals surface area contributed by atoms with Gasteiger partial charge in [0.1, 0.15) is 18.3 Å². The van der Waals surface area contributed by atoms with Crippen LogP contribution in [0.3, 0.4) is 0 Å². The SMILES string of the molecule is CCCCNC(=O)[C@H](C)N(Cc1cccc(OC)c1)C(=O)CN(c1ccccc1C)S(C)(=O)=O. The molecule has 0 unspecified atom stereocenters. The predicted octanol–water partition coefficient (Wildman–Crippen LogP) is 3.10. The molecular weight excluding hydrogens is 454 g/mol.